The van der Waals surface area contributed by atoms with E-state index in [2.05, 4.69) is 50.3 Å². The van der Waals surface area contributed by atoms with Crippen LogP contribution in [0, 0.1) is 6.92 Å². The molecule has 0 amide bonds. The number of rotatable bonds is 13. The Morgan fingerprint density at radius 3 is 2.48 bits per heavy atom. The molecule has 0 aliphatic heterocycles. The van der Waals surface area contributed by atoms with Crippen LogP contribution in [-0.4, -0.2) is 30.2 Å². The number of ether oxygens (including phenoxy) is 2. The summed E-state index contributed by atoms with van der Waals surface area (Å²) in [5.41, 5.74) is 7.56. The third-order valence-electron chi connectivity index (χ3n) is 5.65. The average molecular weight is 515 g/mol. The quantitative estimate of drug-likeness (QED) is 0.251. The van der Waals surface area contributed by atoms with Gasteiger partial charge in [0.25, 0.3) is 0 Å². The Hall–Kier alpha value is -2.38. The zero-order valence-electron chi connectivity index (χ0n) is 19.9. The molecule has 1 heterocycles. The highest BCUT2D eigenvalue weighted by atomic mass is 79.9. The molecule has 7 heteroatoms. The molecule has 6 nitrogen and oxygen atoms in total. The SMILES string of the molecule is COc1cc2c(NC(C)c3cccc(Br)c3)nc(C)nc2cc1OCCCCCCCCN. The maximum Gasteiger partial charge on any atom is 0.163 e. The lowest BCUT2D eigenvalue weighted by molar-refractivity contribution is 0.285. The van der Waals surface area contributed by atoms with Gasteiger partial charge in [0.1, 0.15) is 11.6 Å². The highest BCUT2D eigenvalue weighted by molar-refractivity contribution is 9.10. The first kappa shape index (κ1) is 25.2. The summed E-state index contributed by atoms with van der Waals surface area (Å²) in [7, 11) is 1.66. The maximum absolute atomic E-state index is 6.08. The molecule has 0 saturated heterocycles. The van der Waals surface area contributed by atoms with E-state index in [0.29, 0.717) is 18.2 Å². The molecule has 0 aliphatic rings. The van der Waals surface area contributed by atoms with Gasteiger partial charge in [0, 0.05) is 15.9 Å². The van der Waals surface area contributed by atoms with Gasteiger partial charge in [0.2, 0.25) is 0 Å². The number of hydrogen-bond donors (Lipinski definition) is 2. The summed E-state index contributed by atoms with van der Waals surface area (Å²) in [6.07, 6.45) is 6.96. The van der Waals surface area contributed by atoms with Crippen molar-refractivity contribution in [1.29, 1.82) is 0 Å². The van der Waals surface area contributed by atoms with E-state index in [1.165, 1.54) is 24.8 Å². The summed E-state index contributed by atoms with van der Waals surface area (Å²) in [6.45, 7) is 5.47. The smallest absolute Gasteiger partial charge is 0.163 e. The van der Waals surface area contributed by atoms with Crippen molar-refractivity contribution in [3.8, 4) is 11.5 Å². The molecule has 0 radical (unpaired) electrons. The monoisotopic (exact) mass is 514 g/mol. The predicted octanol–water partition coefficient (Wildman–Crippen LogP) is 6.56. The van der Waals surface area contributed by atoms with Crippen LogP contribution in [0.3, 0.4) is 0 Å². The van der Waals surface area contributed by atoms with Gasteiger partial charge in [-0.1, -0.05) is 53.7 Å². The van der Waals surface area contributed by atoms with Gasteiger partial charge < -0.3 is 20.5 Å². The number of nitrogens with two attached hydrogens (primary N) is 1. The van der Waals surface area contributed by atoms with Gasteiger partial charge in [-0.2, -0.15) is 0 Å². The van der Waals surface area contributed by atoms with Gasteiger partial charge in [-0.3, -0.25) is 0 Å². The number of methoxy groups -OCH3 is 1. The van der Waals surface area contributed by atoms with E-state index in [4.69, 9.17) is 15.2 Å². The summed E-state index contributed by atoms with van der Waals surface area (Å²) >= 11 is 3.55. The van der Waals surface area contributed by atoms with Crippen LogP contribution in [0.2, 0.25) is 0 Å². The molecule has 33 heavy (non-hydrogen) atoms. The lowest BCUT2D eigenvalue weighted by Gasteiger charge is -2.18. The molecule has 3 rings (SSSR count). The standard InChI is InChI=1S/C26H35BrN4O2/c1-18(20-11-10-12-21(27)15-20)29-26-22-16-24(32-3)25(17-23(22)30-19(2)31-26)33-14-9-7-5-4-6-8-13-28/h10-12,15-18H,4-9,13-14,28H2,1-3H3,(H,29,30,31). The van der Waals surface area contributed by atoms with Crippen molar-refractivity contribution in [2.45, 2.75) is 58.4 Å². The van der Waals surface area contributed by atoms with E-state index in [0.717, 1.165) is 52.8 Å². The van der Waals surface area contributed by atoms with E-state index in [9.17, 15) is 0 Å². The van der Waals surface area contributed by atoms with Crippen molar-refractivity contribution in [2.75, 3.05) is 25.6 Å². The second-order valence-electron chi connectivity index (χ2n) is 8.32. The van der Waals surface area contributed by atoms with Gasteiger partial charge in [0.15, 0.2) is 11.5 Å². The number of unbranched alkanes of at least 4 members (excludes halogenated alkanes) is 5. The van der Waals surface area contributed by atoms with Crippen LogP contribution in [0.15, 0.2) is 40.9 Å². The molecule has 3 aromatic rings. The number of halogens is 1. The number of nitrogens with one attached hydrogen (secondary N) is 1. The number of aromatic nitrogens is 2. The Labute approximate surface area is 205 Å². The topological polar surface area (TPSA) is 82.3 Å². The molecular weight excluding hydrogens is 480 g/mol. The number of hydrogen-bond acceptors (Lipinski definition) is 6. The van der Waals surface area contributed by atoms with Crippen LogP contribution < -0.4 is 20.5 Å². The predicted molar refractivity (Wildman–Crippen MR) is 139 cm³/mol. The first-order chi connectivity index (χ1) is 16.0. The van der Waals surface area contributed by atoms with Crippen molar-refractivity contribution in [3.63, 3.8) is 0 Å². The van der Waals surface area contributed by atoms with Crippen LogP contribution in [0.25, 0.3) is 10.9 Å². The van der Waals surface area contributed by atoms with Crippen molar-refractivity contribution < 1.29 is 9.47 Å². The third kappa shape index (κ3) is 7.30. The Kier molecular flexibility index (Phi) is 9.76. The van der Waals surface area contributed by atoms with Gasteiger partial charge in [-0.25, -0.2) is 9.97 Å². The molecule has 178 valence electrons. The summed E-state index contributed by atoms with van der Waals surface area (Å²) in [5.74, 6) is 2.90. The lowest BCUT2D eigenvalue weighted by atomic mass is 10.1. The number of aryl methyl sites for hydroxylation is 1. The molecule has 1 aromatic heterocycles. The van der Waals surface area contributed by atoms with Crippen LogP contribution in [0.4, 0.5) is 5.82 Å². The number of benzene rings is 2. The number of nitrogens with zero attached hydrogens (tertiary/aromatic N) is 2. The zero-order chi connectivity index (χ0) is 23.6. The molecule has 0 spiro atoms. The Morgan fingerprint density at radius 1 is 1.00 bits per heavy atom. The first-order valence-electron chi connectivity index (χ1n) is 11.7. The molecule has 0 saturated carbocycles. The van der Waals surface area contributed by atoms with E-state index < -0.39 is 0 Å². The molecule has 0 aliphatic carbocycles. The summed E-state index contributed by atoms with van der Waals surface area (Å²) < 4.78 is 12.8. The summed E-state index contributed by atoms with van der Waals surface area (Å²) in [4.78, 5) is 9.32. The van der Waals surface area contributed by atoms with Crippen molar-refractivity contribution in [3.05, 3.63) is 52.3 Å². The molecule has 0 bridgehead atoms. The minimum absolute atomic E-state index is 0.0757. The maximum atomic E-state index is 6.08. The fourth-order valence-corrected chi connectivity index (χ4v) is 4.25. The zero-order valence-corrected chi connectivity index (χ0v) is 21.5. The third-order valence-corrected chi connectivity index (χ3v) is 6.14. The Balaban J connectivity index is 1.72. The minimum Gasteiger partial charge on any atom is -0.493 e. The van der Waals surface area contributed by atoms with Crippen LogP contribution in [-0.2, 0) is 0 Å². The first-order valence-corrected chi connectivity index (χ1v) is 12.5. The Morgan fingerprint density at radius 2 is 1.76 bits per heavy atom. The van der Waals surface area contributed by atoms with Crippen LogP contribution >= 0.6 is 15.9 Å². The van der Waals surface area contributed by atoms with Gasteiger partial charge >= 0.3 is 0 Å². The highest BCUT2D eigenvalue weighted by Gasteiger charge is 2.15. The fourth-order valence-electron chi connectivity index (χ4n) is 3.84. The molecule has 3 N–H and O–H groups in total. The van der Waals surface area contributed by atoms with Crippen molar-refractivity contribution >= 4 is 32.7 Å². The molecule has 1 unspecified atom stereocenters. The van der Waals surface area contributed by atoms with Crippen molar-refractivity contribution in [2.24, 2.45) is 5.73 Å². The normalized spacial score (nSPS) is 12.0. The average Bonchev–Trinajstić information content (AvgIpc) is 2.80. The molecule has 0 fully saturated rings. The van der Waals surface area contributed by atoms with Crippen LogP contribution in [0.5, 0.6) is 11.5 Å². The highest BCUT2D eigenvalue weighted by Crippen LogP contribution is 2.35. The van der Waals surface area contributed by atoms with E-state index >= 15 is 0 Å². The van der Waals surface area contributed by atoms with Crippen LogP contribution in [0.1, 0.15) is 62.9 Å². The van der Waals surface area contributed by atoms with E-state index in [1.54, 1.807) is 7.11 Å². The summed E-state index contributed by atoms with van der Waals surface area (Å²) in [6, 6.07) is 12.3. The lowest BCUT2D eigenvalue weighted by Crippen LogP contribution is -2.10. The summed E-state index contributed by atoms with van der Waals surface area (Å²) in [5, 5.41) is 4.45. The number of fused-ring (bicyclic) bond motifs is 1. The minimum atomic E-state index is 0.0757. The molecular formula is C26H35BrN4O2. The van der Waals surface area contributed by atoms with E-state index in [1.807, 2.05) is 31.2 Å². The molecule has 1 atom stereocenters. The van der Waals surface area contributed by atoms with Gasteiger partial charge in [-0.15, -0.1) is 0 Å². The number of anilines is 1. The van der Waals surface area contributed by atoms with Gasteiger partial charge in [-0.05, 0) is 57.0 Å². The van der Waals surface area contributed by atoms with Gasteiger partial charge in [0.05, 0.1) is 25.3 Å². The van der Waals surface area contributed by atoms with E-state index in [-0.39, 0.29) is 6.04 Å². The fraction of sp³-hybridized carbons (Fsp3) is 0.462. The second-order valence-corrected chi connectivity index (χ2v) is 9.23. The van der Waals surface area contributed by atoms with Crippen molar-refractivity contribution in [1.82, 2.24) is 9.97 Å². The molecule has 2 aromatic carbocycles. The second kappa shape index (κ2) is 12.8. The Bertz CT molecular complexity index is 1040. The largest absolute Gasteiger partial charge is 0.493 e.